The average molecular weight is 547 g/mol. The predicted molar refractivity (Wildman–Crippen MR) is 114 cm³/mol. The molecule has 0 N–H and O–H groups in total. The van der Waals surface area contributed by atoms with E-state index in [0.717, 1.165) is 0 Å². The van der Waals surface area contributed by atoms with Crippen LogP contribution in [-0.4, -0.2) is 47.1 Å². The zero-order chi connectivity index (χ0) is 22.2. The van der Waals surface area contributed by atoms with Gasteiger partial charge >= 0.3 is 69.5 Å². The Morgan fingerprint density at radius 1 is 0.655 bits per heavy atom. The molecular weight excluding hydrogens is 519 g/mol. The van der Waals surface area contributed by atoms with Crippen LogP contribution >= 0.6 is 0 Å². The molecule has 0 saturated carbocycles. The molecule has 6 nitrogen and oxygen atoms in total. The summed E-state index contributed by atoms with van der Waals surface area (Å²) in [4.78, 5) is -0.370. The van der Waals surface area contributed by atoms with Crippen LogP contribution < -0.4 is 0 Å². The number of unbranched alkanes of at least 4 members (excludes halogenated alkanes) is 2. The van der Waals surface area contributed by atoms with Crippen molar-refractivity contribution in [3.05, 3.63) is 60.7 Å². The summed E-state index contributed by atoms with van der Waals surface area (Å²) < 4.78 is 64.9. The van der Waals surface area contributed by atoms with Crippen LogP contribution in [0.15, 0.2) is 70.5 Å². The fraction of sp³-hybridized carbons (Fsp3) is 0.400. The third-order valence-electron chi connectivity index (χ3n) is 3.48. The van der Waals surface area contributed by atoms with E-state index in [2.05, 4.69) is 13.8 Å². The zero-order valence-electron chi connectivity index (χ0n) is 16.8. The maximum absolute atomic E-state index is 10.3. The van der Waals surface area contributed by atoms with Gasteiger partial charge in [0.1, 0.15) is 20.2 Å². The predicted octanol–water partition coefficient (Wildman–Crippen LogP) is 4.31. The van der Waals surface area contributed by atoms with E-state index >= 15 is 0 Å². The summed E-state index contributed by atoms with van der Waals surface area (Å²) in [6.45, 7) is 4.58. The summed E-state index contributed by atoms with van der Waals surface area (Å²) in [6.07, 6.45) is 5.84. The van der Waals surface area contributed by atoms with Gasteiger partial charge in [0.2, 0.25) is 0 Å². The second-order valence-corrected chi connectivity index (χ2v) is 13.0. The molecule has 160 valence electrons. The molecule has 0 radical (unpaired) electrons. The maximum atomic E-state index is 10.3. The first-order valence-electron chi connectivity index (χ1n) is 9.35. The van der Waals surface area contributed by atoms with Crippen LogP contribution in [0.1, 0.15) is 39.5 Å². The normalized spacial score (nSPS) is 10.6. The van der Waals surface area contributed by atoms with E-state index in [-0.39, 0.29) is 30.9 Å². The molecule has 0 atom stereocenters. The number of hydrogen-bond donors (Lipinski definition) is 0. The number of rotatable bonds is 8. The second kappa shape index (κ2) is 15.8. The van der Waals surface area contributed by atoms with Gasteiger partial charge in [-0.1, -0.05) is 36.4 Å². The molecule has 0 unspecified atom stereocenters. The van der Waals surface area contributed by atoms with Crippen LogP contribution in [0.2, 0.25) is 8.87 Å². The molecule has 29 heavy (non-hydrogen) atoms. The Balaban J connectivity index is 0.000000407. The van der Waals surface area contributed by atoms with Crippen LogP contribution in [0.5, 0.6) is 0 Å². The molecule has 2 rings (SSSR count). The minimum absolute atomic E-state index is 0.149. The van der Waals surface area contributed by atoms with Crippen molar-refractivity contribution in [1.29, 1.82) is 0 Å². The van der Waals surface area contributed by atoms with Crippen LogP contribution in [0, 0.1) is 0 Å². The largest absolute Gasteiger partial charge is 0.744 e. The standard InChI is InChI=1S/2C6H6O3S.2C4H9.Sn/c2*7-10(8,9)6-4-2-1-3-5-6;2*1-3-4-2;/h2*1-5H,(H,7,8,9);2*1,3-4H2,2H3;/q;;;;+2/p-2. The summed E-state index contributed by atoms with van der Waals surface area (Å²) >= 11 is 0.149. The molecule has 0 aromatic heterocycles. The van der Waals surface area contributed by atoms with Crippen molar-refractivity contribution in [2.45, 2.75) is 58.2 Å². The topological polar surface area (TPSA) is 114 Å². The number of benzene rings is 2. The van der Waals surface area contributed by atoms with Gasteiger partial charge in [0.05, 0.1) is 9.79 Å². The Labute approximate surface area is 185 Å². The van der Waals surface area contributed by atoms with Crippen molar-refractivity contribution in [1.82, 2.24) is 0 Å². The quantitative estimate of drug-likeness (QED) is 0.277. The maximum Gasteiger partial charge on any atom is 0.124 e. The Kier molecular flexibility index (Phi) is 15.3. The smallest absolute Gasteiger partial charge is 0.124 e. The molecule has 0 aliphatic heterocycles. The van der Waals surface area contributed by atoms with Crippen molar-refractivity contribution in [2.24, 2.45) is 0 Å². The van der Waals surface area contributed by atoms with Gasteiger partial charge in [-0.2, -0.15) is 0 Å². The van der Waals surface area contributed by atoms with Gasteiger partial charge in [-0.15, -0.1) is 0 Å². The Hall–Kier alpha value is -0.941. The third kappa shape index (κ3) is 15.5. The van der Waals surface area contributed by atoms with Gasteiger partial charge in [0.15, 0.2) is 0 Å². The Morgan fingerprint density at radius 2 is 0.966 bits per heavy atom. The van der Waals surface area contributed by atoms with E-state index < -0.39 is 20.2 Å². The van der Waals surface area contributed by atoms with E-state index in [0.29, 0.717) is 0 Å². The molecule has 0 fully saturated rings. The third-order valence-corrected chi connectivity index (χ3v) is 9.21. The molecule has 2 aromatic carbocycles. The van der Waals surface area contributed by atoms with Gasteiger partial charge in [0, 0.05) is 0 Å². The Morgan fingerprint density at radius 3 is 1.17 bits per heavy atom. The first-order chi connectivity index (χ1) is 13.6. The van der Waals surface area contributed by atoms with Crippen molar-refractivity contribution < 1.29 is 25.9 Å². The first kappa shape index (κ1) is 28.1. The molecule has 0 saturated heterocycles. The molecule has 0 aliphatic carbocycles. The first-order valence-corrected chi connectivity index (χ1v) is 16.2. The van der Waals surface area contributed by atoms with Crippen LogP contribution in [0.4, 0.5) is 0 Å². The van der Waals surface area contributed by atoms with E-state index in [4.69, 9.17) is 0 Å². The summed E-state index contributed by atoms with van der Waals surface area (Å²) in [5.74, 6) is 0. The fourth-order valence-corrected chi connectivity index (χ4v) is 7.04. The molecule has 2 aromatic rings. The van der Waals surface area contributed by atoms with Gasteiger partial charge in [-0.05, 0) is 24.3 Å². The van der Waals surface area contributed by atoms with Gasteiger partial charge in [-0.3, -0.25) is 0 Å². The van der Waals surface area contributed by atoms with E-state index in [1.807, 2.05) is 0 Å². The summed E-state index contributed by atoms with van der Waals surface area (Å²) in [7, 11) is -8.51. The van der Waals surface area contributed by atoms with Crippen molar-refractivity contribution in [3.8, 4) is 0 Å². The minimum Gasteiger partial charge on any atom is -0.744 e. The Bertz CT molecular complexity index is 781. The molecule has 0 aliphatic rings. The van der Waals surface area contributed by atoms with Crippen LogP contribution in [-0.2, 0) is 20.2 Å². The minimum atomic E-state index is -4.25. The fourth-order valence-electron chi connectivity index (χ4n) is 1.90. The SMILES string of the molecule is CCC[CH2][Sn+2][CH2]CCC.O=S(=O)([O-])c1ccccc1.O=S(=O)([O-])c1ccccc1. The summed E-state index contributed by atoms with van der Waals surface area (Å²) in [5, 5.41) is 0. The van der Waals surface area contributed by atoms with Crippen molar-refractivity contribution >= 4 is 41.4 Å². The number of hydrogen-bond acceptors (Lipinski definition) is 6. The summed E-state index contributed by atoms with van der Waals surface area (Å²) in [6, 6.07) is 14.4. The molecule has 0 spiro atoms. The zero-order valence-corrected chi connectivity index (χ0v) is 21.3. The average Bonchev–Trinajstić information content (AvgIpc) is 2.69. The van der Waals surface area contributed by atoms with Gasteiger partial charge < -0.3 is 9.11 Å². The second-order valence-electron chi connectivity index (χ2n) is 5.99. The van der Waals surface area contributed by atoms with E-state index in [1.54, 1.807) is 21.0 Å². The molecule has 0 bridgehead atoms. The molecule has 9 heteroatoms. The van der Waals surface area contributed by atoms with E-state index in [9.17, 15) is 25.9 Å². The monoisotopic (exact) mass is 548 g/mol. The molecular formula is C20H28O6S2Sn. The van der Waals surface area contributed by atoms with Crippen molar-refractivity contribution in [3.63, 3.8) is 0 Å². The van der Waals surface area contributed by atoms with Gasteiger partial charge in [0.25, 0.3) is 0 Å². The summed E-state index contributed by atoms with van der Waals surface area (Å²) in [5.41, 5.74) is 0. The molecule has 0 amide bonds. The van der Waals surface area contributed by atoms with Crippen LogP contribution in [0.25, 0.3) is 0 Å². The van der Waals surface area contributed by atoms with Crippen molar-refractivity contribution in [2.75, 3.05) is 0 Å². The van der Waals surface area contributed by atoms with Crippen LogP contribution in [0.3, 0.4) is 0 Å². The molecule has 0 heterocycles. The van der Waals surface area contributed by atoms with E-state index in [1.165, 1.54) is 74.2 Å². The van der Waals surface area contributed by atoms with Gasteiger partial charge in [-0.25, -0.2) is 16.8 Å².